The van der Waals surface area contributed by atoms with Gasteiger partial charge in [-0.25, -0.2) is 8.91 Å². The monoisotopic (exact) mass is 350 g/mol. The number of alkyl halides is 1. The van der Waals surface area contributed by atoms with Crippen LogP contribution in [-0.2, 0) is 13.0 Å². The zero-order chi connectivity index (χ0) is 17.3. The molecule has 3 heterocycles. The normalized spacial score (nSPS) is 12.7. The topological polar surface area (TPSA) is 55.4 Å². The highest BCUT2D eigenvalue weighted by Gasteiger charge is 2.19. The number of nitrogens with zero attached hydrogens (tertiary/aromatic N) is 3. The molecule has 3 aromatic rings. The number of aryl methyl sites for hydroxylation is 2. The molecule has 0 aliphatic rings. The quantitative estimate of drug-likeness (QED) is 0.711. The predicted octanol–water partition coefficient (Wildman–Crippen LogP) is 4.50. The summed E-state index contributed by atoms with van der Waals surface area (Å²) in [4.78, 5) is 4.32. The molecule has 0 aliphatic carbocycles. The van der Waals surface area contributed by atoms with Gasteiger partial charge in [0.05, 0.1) is 19.0 Å². The second-order valence-corrected chi connectivity index (χ2v) is 6.27. The van der Waals surface area contributed by atoms with E-state index in [4.69, 9.17) is 16.0 Å². The fraction of sp³-hybridized carbons (Fsp3) is 0.412. The van der Waals surface area contributed by atoms with Crippen LogP contribution in [0.25, 0.3) is 5.52 Å². The summed E-state index contributed by atoms with van der Waals surface area (Å²) in [7, 11) is 0. The van der Waals surface area contributed by atoms with E-state index >= 15 is 0 Å². The van der Waals surface area contributed by atoms with E-state index in [1.807, 2.05) is 26.0 Å². The molecule has 0 aromatic carbocycles. The van der Waals surface area contributed by atoms with E-state index in [9.17, 15) is 4.39 Å². The molecule has 1 N–H and O–H groups in total. The van der Waals surface area contributed by atoms with Crippen molar-refractivity contribution in [3.05, 3.63) is 46.3 Å². The molecule has 1 unspecified atom stereocenters. The fourth-order valence-corrected chi connectivity index (χ4v) is 3.10. The smallest absolute Gasteiger partial charge is 0.243 e. The van der Waals surface area contributed by atoms with Crippen LogP contribution in [0.3, 0.4) is 0 Å². The second-order valence-electron chi connectivity index (χ2n) is 5.93. The summed E-state index contributed by atoms with van der Waals surface area (Å²) in [5.74, 6) is 1.45. The van der Waals surface area contributed by atoms with E-state index in [0.717, 1.165) is 28.1 Å². The highest BCUT2D eigenvalue weighted by atomic mass is 35.5. The van der Waals surface area contributed by atoms with Crippen LogP contribution in [0.4, 0.5) is 10.2 Å². The van der Waals surface area contributed by atoms with Crippen molar-refractivity contribution in [3.63, 3.8) is 0 Å². The van der Waals surface area contributed by atoms with Gasteiger partial charge in [-0.15, -0.1) is 5.10 Å². The molecule has 3 aromatic heterocycles. The highest BCUT2D eigenvalue weighted by molar-refractivity contribution is 6.28. The minimum absolute atomic E-state index is 0.160. The van der Waals surface area contributed by atoms with E-state index in [0.29, 0.717) is 25.2 Å². The first kappa shape index (κ1) is 16.8. The molecule has 24 heavy (non-hydrogen) atoms. The molecule has 0 fully saturated rings. The molecule has 0 bridgehead atoms. The molecule has 128 valence electrons. The molecule has 0 amide bonds. The second kappa shape index (κ2) is 6.81. The number of halogens is 2. The molecule has 3 rings (SSSR count). The van der Waals surface area contributed by atoms with Crippen molar-refractivity contribution in [2.24, 2.45) is 0 Å². The molecule has 0 saturated heterocycles. The maximum Gasteiger partial charge on any atom is 0.243 e. The molecular weight excluding hydrogens is 331 g/mol. The lowest BCUT2D eigenvalue weighted by molar-refractivity contribution is 0.341. The van der Waals surface area contributed by atoms with Crippen LogP contribution < -0.4 is 5.32 Å². The minimum atomic E-state index is -0.835. The zero-order valence-electron chi connectivity index (χ0n) is 13.9. The van der Waals surface area contributed by atoms with E-state index < -0.39 is 6.17 Å². The third-order valence-electron chi connectivity index (χ3n) is 4.19. The van der Waals surface area contributed by atoms with Gasteiger partial charge < -0.3 is 9.73 Å². The summed E-state index contributed by atoms with van der Waals surface area (Å²) in [5, 5.41) is 7.72. The molecular formula is C17H20ClFN4O. The van der Waals surface area contributed by atoms with Gasteiger partial charge in [-0.3, -0.25) is 0 Å². The minimum Gasteiger partial charge on any atom is -0.467 e. The fourth-order valence-electron chi connectivity index (χ4n) is 2.94. The summed E-state index contributed by atoms with van der Waals surface area (Å²) in [6, 6.07) is 3.72. The lowest BCUT2D eigenvalue weighted by Crippen LogP contribution is -2.06. The Kier molecular flexibility index (Phi) is 4.76. The number of rotatable bonds is 6. The number of fused-ring (bicyclic) bond motifs is 1. The van der Waals surface area contributed by atoms with Gasteiger partial charge in [0, 0.05) is 5.69 Å². The molecule has 5 nitrogen and oxygen atoms in total. The van der Waals surface area contributed by atoms with Crippen LogP contribution in [0.2, 0.25) is 5.28 Å². The Labute approximate surface area is 144 Å². The molecule has 1 atom stereocenters. The third kappa shape index (κ3) is 3.24. The van der Waals surface area contributed by atoms with Crippen molar-refractivity contribution >= 4 is 22.9 Å². The lowest BCUT2D eigenvalue weighted by atomic mass is 10.0. The van der Waals surface area contributed by atoms with Crippen LogP contribution in [0.1, 0.15) is 35.9 Å². The Balaban J connectivity index is 2.00. The third-order valence-corrected chi connectivity index (χ3v) is 4.35. The van der Waals surface area contributed by atoms with Gasteiger partial charge >= 0.3 is 0 Å². The van der Waals surface area contributed by atoms with Crippen LogP contribution in [0.5, 0.6) is 0 Å². The average molecular weight is 351 g/mol. The number of furan rings is 1. The van der Waals surface area contributed by atoms with Crippen LogP contribution in [0.15, 0.2) is 22.8 Å². The maximum absolute atomic E-state index is 13.2. The van der Waals surface area contributed by atoms with E-state index in [1.54, 1.807) is 17.7 Å². The molecule has 0 saturated carbocycles. The Morgan fingerprint density at radius 2 is 2.21 bits per heavy atom. The standard InChI is InChI=1S/C17H20ClFN4O/c1-10(19)6-7-14-11(2)15-16(20-9-13-5-4-8-24-13)21-17(18)22-23(15)12(14)3/h4-5,8,10H,6-7,9H2,1-3H3,(H,20,21,22). The van der Waals surface area contributed by atoms with Crippen molar-refractivity contribution in [1.29, 1.82) is 0 Å². The SMILES string of the molecule is Cc1c(CCC(C)F)c(C)n2nc(Cl)nc(NCc3ccco3)c12. The van der Waals surface area contributed by atoms with E-state index in [1.165, 1.54) is 0 Å². The van der Waals surface area contributed by atoms with Gasteiger partial charge in [-0.2, -0.15) is 4.98 Å². The average Bonchev–Trinajstić information content (AvgIpc) is 3.12. The van der Waals surface area contributed by atoms with E-state index in [2.05, 4.69) is 15.4 Å². The highest BCUT2D eigenvalue weighted by Crippen LogP contribution is 2.29. The van der Waals surface area contributed by atoms with Gasteiger partial charge in [-0.05, 0) is 68.5 Å². The van der Waals surface area contributed by atoms with Crippen LogP contribution >= 0.6 is 11.6 Å². The first-order chi connectivity index (χ1) is 11.5. The first-order valence-electron chi connectivity index (χ1n) is 7.92. The zero-order valence-corrected chi connectivity index (χ0v) is 14.7. The molecule has 0 spiro atoms. The van der Waals surface area contributed by atoms with E-state index in [-0.39, 0.29) is 5.28 Å². The molecule has 0 radical (unpaired) electrons. The van der Waals surface area contributed by atoms with Crippen molar-refractivity contribution < 1.29 is 8.81 Å². The molecule has 7 heteroatoms. The number of hydrogen-bond donors (Lipinski definition) is 1. The summed E-state index contributed by atoms with van der Waals surface area (Å²) >= 11 is 6.08. The number of aromatic nitrogens is 3. The van der Waals surface area contributed by atoms with Crippen molar-refractivity contribution in [3.8, 4) is 0 Å². The van der Waals surface area contributed by atoms with Gasteiger partial charge in [0.15, 0.2) is 5.82 Å². The number of hydrogen-bond acceptors (Lipinski definition) is 4. The van der Waals surface area contributed by atoms with Gasteiger partial charge in [0.1, 0.15) is 11.3 Å². The Morgan fingerprint density at radius 1 is 1.42 bits per heavy atom. The van der Waals surface area contributed by atoms with Crippen molar-refractivity contribution in [2.75, 3.05) is 5.32 Å². The summed E-state index contributed by atoms with van der Waals surface area (Å²) in [5.41, 5.74) is 3.97. The van der Waals surface area contributed by atoms with Gasteiger partial charge in [-0.1, -0.05) is 0 Å². The largest absolute Gasteiger partial charge is 0.467 e. The molecule has 0 aliphatic heterocycles. The summed E-state index contributed by atoms with van der Waals surface area (Å²) < 4.78 is 20.4. The van der Waals surface area contributed by atoms with Gasteiger partial charge in [0.2, 0.25) is 5.28 Å². The number of nitrogens with one attached hydrogen (secondary N) is 1. The summed E-state index contributed by atoms with van der Waals surface area (Å²) in [6.07, 6.45) is 1.93. The Bertz CT molecular complexity index is 842. The predicted molar refractivity (Wildman–Crippen MR) is 92.4 cm³/mol. The lowest BCUT2D eigenvalue weighted by Gasteiger charge is -2.07. The Morgan fingerprint density at radius 3 is 2.88 bits per heavy atom. The van der Waals surface area contributed by atoms with Crippen molar-refractivity contribution in [2.45, 2.75) is 46.3 Å². The van der Waals surface area contributed by atoms with Crippen LogP contribution in [-0.4, -0.2) is 20.8 Å². The van der Waals surface area contributed by atoms with Crippen LogP contribution in [0, 0.1) is 13.8 Å². The van der Waals surface area contributed by atoms with Gasteiger partial charge in [0.25, 0.3) is 0 Å². The maximum atomic E-state index is 13.2. The number of anilines is 1. The summed E-state index contributed by atoms with van der Waals surface area (Å²) in [6.45, 7) is 6.05. The Hall–Kier alpha value is -2.08. The first-order valence-corrected chi connectivity index (χ1v) is 8.29. The van der Waals surface area contributed by atoms with Crippen molar-refractivity contribution in [1.82, 2.24) is 14.6 Å².